The van der Waals surface area contributed by atoms with Crippen LogP contribution in [0.5, 0.6) is 0 Å². The molecule has 1 heterocycles. The first-order valence-electron chi connectivity index (χ1n) is 4.01. The maximum absolute atomic E-state index is 11.4. The molecule has 0 unspecified atom stereocenters. The van der Waals surface area contributed by atoms with Crippen molar-refractivity contribution in [2.24, 2.45) is 0 Å². The van der Waals surface area contributed by atoms with E-state index in [0.29, 0.717) is 0 Å². The van der Waals surface area contributed by atoms with Gasteiger partial charge in [-0.3, -0.25) is 4.79 Å². The number of allylic oxidation sites excluding steroid dienone is 1. The third-order valence-corrected chi connectivity index (χ3v) is 1.61. The van der Waals surface area contributed by atoms with Crippen LogP contribution in [-0.2, 0) is 23.9 Å². The van der Waals surface area contributed by atoms with Gasteiger partial charge in [0.15, 0.2) is 0 Å². The first-order chi connectivity index (χ1) is 6.35. The SMILES string of the molecule is CC(C)=CC(=O)C1(C)OC(=O)C(=O)O1. The van der Waals surface area contributed by atoms with Crippen LogP contribution >= 0.6 is 0 Å². The number of rotatable bonds is 2. The van der Waals surface area contributed by atoms with E-state index < -0.39 is 23.5 Å². The highest BCUT2D eigenvalue weighted by atomic mass is 16.8. The van der Waals surface area contributed by atoms with Crippen molar-refractivity contribution in [3.8, 4) is 0 Å². The van der Waals surface area contributed by atoms with Crippen LogP contribution in [0.2, 0.25) is 0 Å². The summed E-state index contributed by atoms with van der Waals surface area (Å²) in [6.45, 7) is 4.65. The number of ketones is 1. The van der Waals surface area contributed by atoms with Gasteiger partial charge in [0.1, 0.15) is 0 Å². The molecule has 5 nitrogen and oxygen atoms in total. The number of esters is 2. The third kappa shape index (κ3) is 1.81. The van der Waals surface area contributed by atoms with Crippen molar-refractivity contribution < 1.29 is 23.9 Å². The van der Waals surface area contributed by atoms with Crippen LogP contribution in [0.1, 0.15) is 20.8 Å². The molecule has 0 amide bonds. The summed E-state index contributed by atoms with van der Waals surface area (Å²) in [6, 6.07) is 0. The van der Waals surface area contributed by atoms with Crippen molar-refractivity contribution in [2.75, 3.05) is 0 Å². The predicted molar refractivity (Wildman–Crippen MR) is 45.0 cm³/mol. The minimum Gasteiger partial charge on any atom is -0.406 e. The average molecular weight is 198 g/mol. The van der Waals surface area contributed by atoms with Gasteiger partial charge in [-0.25, -0.2) is 9.59 Å². The molecule has 0 radical (unpaired) electrons. The van der Waals surface area contributed by atoms with Gasteiger partial charge < -0.3 is 9.47 Å². The van der Waals surface area contributed by atoms with E-state index in [9.17, 15) is 14.4 Å². The number of carbonyl (C=O) groups excluding carboxylic acids is 3. The summed E-state index contributed by atoms with van der Waals surface area (Å²) in [5, 5.41) is 0. The Hall–Kier alpha value is -1.65. The van der Waals surface area contributed by atoms with Crippen LogP contribution in [0.3, 0.4) is 0 Å². The molecular formula is C9H10O5. The molecule has 1 aliphatic heterocycles. The molecule has 0 bridgehead atoms. The van der Waals surface area contributed by atoms with Gasteiger partial charge in [0, 0.05) is 6.92 Å². The maximum Gasteiger partial charge on any atom is 0.421 e. The zero-order valence-electron chi connectivity index (χ0n) is 8.12. The summed E-state index contributed by atoms with van der Waals surface area (Å²) in [4.78, 5) is 32.9. The number of hydrogen-bond acceptors (Lipinski definition) is 5. The van der Waals surface area contributed by atoms with Crippen molar-refractivity contribution in [3.05, 3.63) is 11.6 Å². The van der Waals surface area contributed by atoms with Crippen molar-refractivity contribution in [2.45, 2.75) is 26.6 Å². The lowest BCUT2D eigenvalue weighted by molar-refractivity contribution is -0.179. The Bertz CT molecular complexity index is 319. The summed E-state index contributed by atoms with van der Waals surface area (Å²) in [5.41, 5.74) is 0.732. The van der Waals surface area contributed by atoms with Crippen molar-refractivity contribution in [3.63, 3.8) is 0 Å². The second kappa shape index (κ2) is 3.25. The van der Waals surface area contributed by atoms with E-state index in [-0.39, 0.29) is 0 Å². The van der Waals surface area contributed by atoms with Gasteiger partial charge in [-0.2, -0.15) is 0 Å². The molecule has 0 aliphatic carbocycles. The highest BCUT2D eigenvalue weighted by Crippen LogP contribution is 2.22. The predicted octanol–water partition coefficient (Wildman–Crippen LogP) is 0.338. The smallest absolute Gasteiger partial charge is 0.406 e. The largest absolute Gasteiger partial charge is 0.421 e. The molecule has 76 valence electrons. The summed E-state index contributed by atoms with van der Waals surface area (Å²) in [7, 11) is 0. The second-order valence-electron chi connectivity index (χ2n) is 3.31. The van der Waals surface area contributed by atoms with Crippen LogP contribution < -0.4 is 0 Å². The van der Waals surface area contributed by atoms with Crippen molar-refractivity contribution >= 4 is 17.7 Å². The van der Waals surface area contributed by atoms with Crippen LogP contribution in [0.15, 0.2) is 11.6 Å². The van der Waals surface area contributed by atoms with Crippen LogP contribution in [0, 0.1) is 0 Å². The minimum absolute atomic E-state index is 0.559. The molecule has 1 fully saturated rings. The Balaban J connectivity index is 2.88. The normalized spacial score (nSPS) is 18.5. The topological polar surface area (TPSA) is 69.7 Å². The van der Waals surface area contributed by atoms with Gasteiger partial charge in [0.2, 0.25) is 5.78 Å². The lowest BCUT2D eigenvalue weighted by Crippen LogP contribution is -2.35. The Kier molecular flexibility index (Phi) is 2.42. The fourth-order valence-electron chi connectivity index (χ4n) is 0.952. The second-order valence-corrected chi connectivity index (χ2v) is 3.31. The Morgan fingerprint density at radius 1 is 1.21 bits per heavy atom. The molecule has 0 aromatic carbocycles. The van der Waals surface area contributed by atoms with E-state index in [2.05, 4.69) is 9.47 Å². The molecule has 0 saturated carbocycles. The highest BCUT2D eigenvalue weighted by molar-refractivity contribution is 6.32. The molecule has 0 aromatic heterocycles. The Morgan fingerprint density at radius 3 is 2.00 bits per heavy atom. The third-order valence-electron chi connectivity index (χ3n) is 1.61. The molecule has 14 heavy (non-hydrogen) atoms. The molecule has 0 spiro atoms. The summed E-state index contributed by atoms with van der Waals surface area (Å²) in [5.74, 6) is -4.62. The monoisotopic (exact) mass is 198 g/mol. The molecule has 1 rings (SSSR count). The molecule has 0 atom stereocenters. The number of cyclic esters (lactones) is 2. The zero-order chi connectivity index (χ0) is 10.9. The van der Waals surface area contributed by atoms with Crippen LogP contribution in [0.25, 0.3) is 0 Å². The standard InChI is InChI=1S/C9H10O5/c1-5(2)4-6(10)9(3)13-7(11)8(12)14-9/h4H,1-3H3. The van der Waals surface area contributed by atoms with E-state index in [1.807, 2.05) is 0 Å². The fraction of sp³-hybridized carbons (Fsp3) is 0.444. The molecule has 0 N–H and O–H groups in total. The Morgan fingerprint density at radius 2 is 1.64 bits per heavy atom. The van der Waals surface area contributed by atoms with Gasteiger partial charge >= 0.3 is 17.7 Å². The van der Waals surface area contributed by atoms with E-state index in [0.717, 1.165) is 5.57 Å². The van der Waals surface area contributed by atoms with Crippen LogP contribution in [-0.4, -0.2) is 23.5 Å². The van der Waals surface area contributed by atoms with Gasteiger partial charge in [-0.05, 0) is 19.9 Å². The molecule has 5 heteroatoms. The fourth-order valence-corrected chi connectivity index (χ4v) is 0.952. The van der Waals surface area contributed by atoms with Gasteiger partial charge in [0.05, 0.1) is 0 Å². The quantitative estimate of drug-likeness (QED) is 0.363. The number of hydrogen-bond donors (Lipinski definition) is 0. The van der Waals surface area contributed by atoms with Gasteiger partial charge in [-0.1, -0.05) is 5.57 Å². The number of carbonyl (C=O) groups is 3. The lowest BCUT2D eigenvalue weighted by Gasteiger charge is -2.16. The van der Waals surface area contributed by atoms with E-state index >= 15 is 0 Å². The first kappa shape index (κ1) is 10.4. The molecule has 1 aliphatic rings. The minimum atomic E-state index is -1.79. The molecule has 1 saturated heterocycles. The highest BCUT2D eigenvalue weighted by Gasteiger charge is 2.49. The van der Waals surface area contributed by atoms with Crippen molar-refractivity contribution in [1.82, 2.24) is 0 Å². The molecular weight excluding hydrogens is 188 g/mol. The van der Waals surface area contributed by atoms with Crippen molar-refractivity contribution in [1.29, 1.82) is 0 Å². The van der Waals surface area contributed by atoms with E-state index in [1.54, 1.807) is 13.8 Å². The van der Waals surface area contributed by atoms with E-state index in [4.69, 9.17) is 0 Å². The van der Waals surface area contributed by atoms with Gasteiger partial charge in [-0.15, -0.1) is 0 Å². The lowest BCUT2D eigenvalue weighted by atomic mass is 10.1. The van der Waals surface area contributed by atoms with E-state index in [1.165, 1.54) is 13.0 Å². The average Bonchev–Trinajstić information content (AvgIpc) is 2.26. The number of ether oxygens (including phenoxy) is 2. The summed E-state index contributed by atoms with van der Waals surface area (Å²) in [6.07, 6.45) is 1.26. The summed E-state index contributed by atoms with van der Waals surface area (Å²) < 4.78 is 9.04. The molecule has 0 aromatic rings. The summed E-state index contributed by atoms with van der Waals surface area (Å²) >= 11 is 0. The van der Waals surface area contributed by atoms with Gasteiger partial charge in [0.25, 0.3) is 0 Å². The zero-order valence-corrected chi connectivity index (χ0v) is 8.12. The maximum atomic E-state index is 11.4. The first-order valence-corrected chi connectivity index (χ1v) is 4.01. The Labute approximate surface area is 80.7 Å². The van der Waals surface area contributed by atoms with Crippen LogP contribution in [0.4, 0.5) is 0 Å².